The van der Waals surface area contributed by atoms with Crippen molar-refractivity contribution in [2.75, 3.05) is 24.5 Å². The summed E-state index contributed by atoms with van der Waals surface area (Å²) in [5.41, 5.74) is 2.23. The molecule has 1 saturated heterocycles. The van der Waals surface area contributed by atoms with Crippen molar-refractivity contribution >= 4 is 32.5 Å². The van der Waals surface area contributed by atoms with E-state index >= 15 is 0 Å². The van der Waals surface area contributed by atoms with Crippen molar-refractivity contribution in [1.82, 2.24) is 14.1 Å². The van der Waals surface area contributed by atoms with E-state index in [4.69, 9.17) is 0 Å². The number of aryl methyl sites for hydroxylation is 2. The number of anilines is 1. The fourth-order valence-corrected chi connectivity index (χ4v) is 6.31. The SMILES string of the molecule is O=C(CCn1ncc(=O)c2ccccc21)N1CCCc2cc(S(=O)(=O)N3CCCC3)ccc21. The summed E-state index contributed by atoms with van der Waals surface area (Å²) in [5, 5.41) is 4.78. The lowest BCUT2D eigenvalue weighted by Gasteiger charge is -2.30. The molecule has 3 heterocycles. The molecule has 2 aliphatic rings. The van der Waals surface area contributed by atoms with Crippen molar-refractivity contribution in [3.8, 4) is 0 Å². The summed E-state index contributed by atoms with van der Waals surface area (Å²) in [7, 11) is -3.49. The number of rotatable bonds is 5. The molecule has 8 nitrogen and oxygen atoms in total. The van der Waals surface area contributed by atoms with Gasteiger partial charge in [0.1, 0.15) is 0 Å². The molecular formula is C24H26N4O4S. The van der Waals surface area contributed by atoms with Gasteiger partial charge < -0.3 is 4.90 Å². The van der Waals surface area contributed by atoms with Gasteiger partial charge in [0, 0.05) is 37.1 Å². The molecule has 0 unspecified atom stereocenters. The van der Waals surface area contributed by atoms with Crippen LogP contribution in [0.2, 0.25) is 0 Å². The van der Waals surface area contributed by atoms with Crippen LogP contribution in [0.1, 0.15) is 31.2 Å². The quantitative estimate of drug-likeness (QED) is 0.576. The van der Waals surface area contributed by atoms with Crippen molar-refractivity contribution in [2.24, 2.45) is 0 Å². The van der Waals surface area contributed by atoms with E-state index in [0.29, 0.717) is 42.0 Å². The van der Waals surface area contributed by atoms with Crippen LogP contribution in [0.25, 0.3) is 10.9 Å². The average molecular weight is 467 g/mol. The number of carbonyl (C=O) groups is 1. The van der Waals surface area contributed by atoms with E-state index in [0.717, 1.165) is 36.9 Å². The number of fused-ring (bicyclic) bond motifs is 2. The number of amides is 1. The van der Waals surface area contributed by atoms with Crippen LogP contribution < -0.4 is 10.3 Å². The molecule has 0 spiro atoms. The van der Waals surface area contributed by atoms with E-state index in [1.165, 1.54) is 6.20 Å². The van der Waals surface area contributed by atoms with Crippen molar-refractivity contribution in [3.05, 3.63) is 64.4 Å². The monoisotopic (exact) mass is 466 g/mol. The van der Waals surface area contributed by atoms with Gasteiger partial charge in [0.2, 0.25) is 21.4 Å². The molecule has 2 aromatic carbocycles. The third-order valence-electron chi connectivity index (χ3n) is 6.47. The lowest BCUT2D eigenvalue weighted by Crippen LogP contribution is -2.36. The van der Waals surface area contributed by atoms with Crippen LogP contribution in [-0.2, 0) is 27.8 Å². The normalized spacial score (nSPS) is 16.8. The van der Waals surface area contributed by atoms with Crippen molar-refractivity contribution in [2.45, 2.75) is 43.5 Å². The Morgan fingerprint density at radius 3 is 2.61 bits per heavy atom. The second-order valence-corrected chi connectivity index (χ2v) is 10.5. The number of nitrogens with zero attached hydrogens (tertiary/aromatic N) is 4. The Bertz CT molecular complexity index is 1380. The summed E-state index contributed by atoms with van der Waals surface area (Å²) >= 11 is 0. The van der Waals surface area contributed by atoms with Crippen LogP contribution >= 0.6 is 0 Å². The number of hydrogen-bond donors (Lipinski definition) is 0. The molecule has 0 N–H and O–H groups in total. The van der Waals surface area contributed by atoms with Gasteiger partial charge >= 0.3 is 0 Å². The van der Waals surface area contributed by atoms with E-state index in [1.54, 1.807) is 38.2 Å². The highest BCUT2D eigenvalue weighted by Crippen LogP contribution is 2.31. The van der Waals surface area contributed by atoms with Gasteiger partial charge in [-0.1, -0.05) is 12.1 Å². The van der Waals surface area contributed by atoms with Gasteiger partial charge in [-0.2, -0.15) is 9.40 Å². The van der Waals surface area contributed by atoms with Crippen LogP contribution in [0.5, 0.6) is 0 Å². The summed E-state index contributed by atoms with van der Waals surface area (Å²) in [6.45, 7) is 2.09. The third kappa shape index (κ3) is 4.06. The summed E-state index contributed by atoms with van der Waals surface area (Å²) in [6, 6.07) is 12.4. The Morgan fingerprint density at radius 2 is 1.79 bits per heavy atom. The summed E-state index contributed by atoms with van der Waals surface area (Å²) in [5.74, 6) is -0.0457. The molecule has 0 radical (unpaired) electrons. The van der Waals surface area contributed by atoms with Crippen molar-refractivity contribution in [3.63, 3.8) is 0 Å². The second kappa shape index (κ2) is 8.72. The molecule has 2 aliphatic heterocycles. The molecule has 33 heavy (non-hydrogen) atoms. The molecule has 0 bridgehead atoms. The van der Waals surface area contributed by atoms with Gasteiger partial charge in [-0.25, -0.2) is 8.42 Å². The molecule has 0 aliphatic carbocycles. The van der Waals surface area contributed by atoms with Crippen LogP contribution in [-0.4, -0.2) is 48.0 Å². The fourth-order valence-electron chi connectivity index (χ4n) is 4.75. The summed E-state index contributed by atoms with van der Waals surface area (Å²) < 4.78 is 29.1. The zero-order chi connectivity index (χ0) is 23.0. The maximum Gasteiger partial charge on any atom is 0.243 e. The minimum Gasteiger partial charge on any atom is -0.312 e. The first kappa shape index (κ1) is 21.8. The third-order valence-corrected chi connectivity index (χ3v) is 8.37. The first-order valence-electron chi connectivity index (χ1n) is 11.3. The van der Waals surface area contributed by atoms with Crippen molar-refractivity contribution < 1.29 is 13.2 Å². The lowest BCUT2D eigenvalue weighted by molar-refractivity contribution is -0.118. The highest BCUT2D eigenvalue weighted by Gasteiger charge is 2.29. The largest absolute Gasteiger partial charge is 0.312 e. The molecule has 0 atom stereocenters. The van der Waals surface area contributed by atoms with Crippen LogP contribution in [0.4, 0.5) is 5.69 Å². The Labute approximate surface area is 192 Å². The van der Waals surface area contributed by atoms with Gasteiger partial charge in [-0.3, -0.25) is 14.3 Å². The molecule has 9 heteroatoms. The zero-order valence-electron chi connectivity index (χ0n) is 18.3. The minimum atomic E-state index is -3.49. The van der Waals surface area contributed by atoms with E-state index in [1.807, 2.05) is 18.2 Å². The smallest absolute Gasteiger partial charge is 0.243 e. The van der Waals surface area contributed by atoms with Gasteiger partial charge in [-0.05, 0) is 61.6 Å². The topological polar surface area (TPSA) is 92.6 Å². The molecule has 1 fully saturated rings. The van der Waals surface area contributed by atoms with E-state index in [9.17, 15) is 18.0 Å². The Kier molecular flexibility index (Phi) is 5.76. The van der Waals surface area contributed by atoms with Gasteiger partial charge in [-0.15, -0.1) is 0 Å². The van der Waals surface area contributed by atoms with Gasteiger partial charge in [0.05, 0.1) is 23.2 Å². The summed E-state index contributed by atoms with van der Waals surface area (Å²) in [4.78, 5) is 27.2. The van der Waals surface area contributed by atoms with E-state index in [-0.39, 0.29) is 17.8 Å². The van der Waals surface area contributed by atoms with Crippen LogP contribution in [0.3, 0.4) is 0 Å². The molecule has 1 amide bonds. The number of carbonyl (C=O) groups excluding carboxylic acids is 1. The fraction of sp³-hybridized carbons (Fsp3) is 0.375. The van der Waals surface area contributed by atoms with E-state index < -0.39 is 10.0 Å². The first-order chi connectivity index (χ1) is 15.9. The number of aromatic nitrogens is 2. The Hall–Kier alpha value is -3.04. The zero-order valence-corrected chi connectivity index (χ0v) is 19.1. The molecule has 172 valence electrons. The maximum atomic E-state index is 13.1. The number of hydrogen-bond acceptors (Lipinski definition) is 5. The summed E-state index contributed by atoms with van der Waals surface area (Å²) in [6.07, 6.45) is 4.83. The predicted octanol–water partition coefficient (Wildman–Crippen LogP) is 2.55. The van der Waals surface area contributed by atoms with Gasteiger partial charge in [0.15, 0.2) is 0 Å². The number of benzene rings is 2. The Morgan fingerprint density at radius 1 is 1.00 bits per heavy atom. The second-order valence-electron chi connectivity index (χ2n) is 8.55. The minimum absolute atomic E-state index is 0.0457. The van der Waals surface area contributed by atoms with Gasteiger partial charge in [0.25, 0.3) is 0 Å². The maximum absolute atomic E-state index is 13.1. The highest BCUT2D eigenvalue weighted by atomic mass is 32.2. The molecular weight excluding hydrogens is 440 g/mol. The van der Waals surface area contributed by atoms with E-state index in [2.05, 4.69) is 5.10 Å². The number of sulfonamides is 1. The average Bonchev–Trinajstić information content (AvgIpc) is 3.39. The number of para-hydroxylation sites is 1. The standard InChI is InChI=1S/C24H26N4O4S/c29-23-17-25-28(22-8-2-1-7-20(22)23)15-11-24(30)27-14-5-6-18-16-19(9-10-21(18)27)33(31,32)26-12-3-4-13-26/h1-2,7-10,16-17H,3-6,11-15H2. The van der Waals surface area contributed by atoms with Crippen LogP contribution in [0.15, 0.2) is 58.4 Å². The first-order valence-corrected chi connectivity index (χ1v) is 12.8. The lowest BCUT2D eigenvalue weighted by atomic mass is 10.0. The predicted molar refractivity (Wildman–Crippen MR) is 126 cm³/mol. The molecule has 5 rings (SSSR count). The molecule has 1 aromatic heterocycles. The van der Waals surface area contributed by atoms with Crippen molar-refractivity contribution in [1.29, 1.82) is 0 Å². The Balaban J connectivity index is 1.36. The van der Waals surface area contributed by atoms with Crippen LogP contribution in [0, 0.1) is 0 Å². The highest BCUT2D eigenvalue weighted by molar-refractivity contribution is 7.89. The molecule has 0 saturated carbocycles. The molecule has 3 aromatic rings.